The molecule has 6 rings (SSSR count). The first-order chi connectivity index (χ1) is 25.9. The summed E-state index contributed by atoms with van der Waals surface area (Å²) in [6, 6.07) is 19.0. The number of fused-ring (bicyclic) bond motifs is 1. The van der Waals surface area contributed by atoms with Crippen LogP contribution in [-0.4, -0.2) is 85.0 Å². The summed E-state index contributed by atoms with van der Waals surface area (Å²) in [5, 5.41) is 71.7. The van der Waals surface area contributed by atoms with Crippen LogP contribution >= 0.6 is 0 Å². The molecule has 1 aliphatic heterocycles. The molecule has 0 amide bonds. The summed E-state index contributed by atoms with van der Waals surface area (Å²) >= 11 is 0. The van der Waals surface area contributed by atoms with Gasteiger partial charge in [-0.05, 0) is 71.8 Å². The van der Waals surface area contributed by atoms with Gasteiger partial charge in [-0.2, -0.15) is 0 Å². The molecule has 278 valence electrons. The molecule has 4 aromatic carbocycles. The highest BCUT2D eigenvalue weighted by Crippen LogP contribution is 2.38. The predicted molar refractivity (Wildman–Crippen MR) is 189 cm³/mol. The van der Waals surface area contributed by atoms with Crippen LogP contribution < -0.4 is 10.2 Å². The molecular weight excluding hydrogens is 708 g/mol. The molecule has 3 unspecified atom stereocenters. The summed E-state index contributed by atoms with van der Waals surface area (Å²) < 4.78 is 28.3. The molecule has 15 nitrogen and oxygen atoms in total. The smallest absolute Gasteiger partial charge is 0.331 e. The molecule has 15 heteroatoms. The Hall–Kier alpha value is -6.81. The summed E-state index contributed by atoms with van der Waals surface area (Å²) in [6.45, 7) is -0.666. The van der Waals surface area contributed by atoms with Gasteiger partial charge in [0, 0.05) is 29.8 Å². The van der Waals surface area contributed by atoms with E-state index in [0.29, 0.717) is 11.1 Å². The van der Waals surface area contributed by atoms with Crippen LogP contribution in [0.15, 0.2) is 106 Å². The molecule has 1 fully saturated rings. The molecule has 7 N–H and O–H groups in total. The van der Waals surface area contributed by atoms with Gasteiger partial charge in [-0.25, -0.2) is 9.59 Å². The minimum Gasteiger partial charge on any atom is -0.508 e. The van der Waals surface area contributed by atoms with E-state index in [4.69, 9.17) is 23.4 Å². The highest BCUT2D eigenvalue weighted by Gasteiger charge is 2.49. The maximum Gasteiger partial charge on any atom is 0.331 e. The summed E-state index contributed by atoms with van der Waals surface area (Å²) in [7, 11) is 0. The Kier molecular flexibility index (Phi) is 10.8. The number of rotatable bonds is 10. The summed E-state index contributed by atoms with van der Waals surface area (Å²) in [5.41, 5.74) is 0.00793. The summed E-state index contributed by atoms with van der Waals surface area (Å²) in [6.07, 6.45) is -4.24. The molecule has 1 aromatic heterocycles. The van der Waals surface area contributed by atoms with Crippen LogP contribution in [0.4, 0.5) is 0 Å². The SMILES string of the molecule is O=C(/C=C\c1ccc(O)cc1)OCC1O[C@@H](Oc2c(-c3ccc(O)cc3)oc3cc(O)cc(O)c3c2=O)C(O)C(OC(=O)/C=C/c2ccc(O)cc2)[C@@H]1O. The first-order valence-electron chi connectivity index (χ1n) is 16.2. The van der Waals surface area contributed by atoms with Gasteiger partial charge in [0.05, 0.1) is 0 Å². The lowest BCUT2D eigenvalue weighted by Gasteiger charge is -2.41. The van der Waals surface area contributed by atoms with Crippen molar-refractivity contribution in [1.82, 2.24) is 0 Å². The number of ether oxygens (including phenoxy) is 4. The van der Waals surface area contributed by atoms with Crippen molar-refractivity contribution in [1.29, 1.82) is 0 Å². The van der Waals surface area contributed by atoms with Crippen LogP contribution in [0.2, 0.25) is 0 Å². The summed E-state index contributed by atoms with van der Waals surface area (Å²) in [5.74, 6) is -4.01. The fraction of sp³-hybridized carbons (Fsp3) is 0.154. The molecule has 2 heterocycles. The Morgan fingerprint density at radius 3 is 1.85 bits per heavy atom. The molecule has 0 radical (unpaired) electrons. The minimum absolute atomic E-state index is 0.000756. The number of aliphatic hydroxyl groups excluding tert-OH is 2. The Bertz CT molecular complexity index is 2260. The third-order valence-electron chi connectivity index (χ3n) is 8.18. The Balaban J connectivity index is 1.32. The largest absolute Gasteiger partial charge is 0.508 e. The summed E-state index contributed by atoms with van der Waals surface area (Å²) in [4.78, 5) is 39.5. The van der Waals surface area contributed by atoms with Gasteiger partial charge in [0.25, 0.3) is 0 Å². The van der Waals surface area contributed by atoms with E-state index in [1.807, 2.05) is 0 Å². The third-order valence-corrected chi connectivity index (χ3v) is 8.18. The number of phenols is 5. The van der Waals surface area contributed by atoms with Crippen molar-refractivity contribution in [2.75, 3.05) is 6.61 Å². The van der Waals surface area contributed by atoms with E-state index >= 15 is 0 Å². The van der Waals surface area contributed by atoms with Crippen molar-refractivity contribution >= 4 is 35.1 Å². The zero-order valence-corrected chi connectivity index (χ0v) is 27.9. The molecule has 1 saturated heterocycles. The number of hydrogen-bond donors (Lipinski definition) is 7. The van der Waals surface area contributed by atoms with E-state index < -0.39 is 77.3 Å². The monoisotopic (exact) mass is 740 g/mol. The van der Waals surface area contributed by atoms with E-state index in [1.54, 1.807) is 12.1 Å². The van der Waals surface area contributed by atoms with Crippen molar-refractivity contribution in [3.8, 4) is 45.8 Å². The van der Waals surface area contributed by atoms with Gasteiger partial charge in [0.15, 0.2) is 18.0 Å². The Morgan fingerprint density at radius 1 is 0.704 bits per heavy atom. The third kappa shape index (κ3) is 8.45. The quantitative estimate of drug-likeness (QED) is 0.0798. The number of aromatic hydroxyl groups is 5. The second-order valence-corrected chi connectivity index (χ2v) is 12.0. The normalized spacial score (nSPS) is 19.9. The molecule has 5 aromatic rings. The first-order valence-corrected chi connectivity index (χ1v) is 16.2. The Labute approximate surface area is 305 Å². The van der Waals surface area contributed by atoms with Crippen LogP contribution in [0.3, 0.4) is 0 Å². The number of esters is 2. The van der Waals surface area contributed by atoms with Crippen molar-refractivity contribution in [2.45, 2.75) is 30.7 Å². The van der Waals surface area contributed by atoms with E-state index in [2.05, 4.69) is 0 Å². The van der Waals surface area contributed by atoms with Gasteiger partial charge in [-0.15, -0.1) is 0 Å². The van der Waals surface area contributed by atoms with Gasteiger partial charge in [-0.3, -0.25) is 4.79 Å². The van der Waals surface area contributed by atoms with E-state index in [1.165, 1.54) is 72.8 Å². The average Bonchev–Trinajstić information content (AvgIpc) is 3.14. The zero-order chi connectivity index (χ0) is 38.5. The molecule has 5 atom stereocenters. The molecule has 54 heavy (non-hydrogen) atoms. The van der Waals surface area contributed by atoms with Gasteiger partial charge >= 0.3 is 11.9 Å². The number of carbonyl (C=O) groups is 2. The average molecular weight is 741 g/mol. The fourth-order valence-electron chi connectivity index (χ4n) is 5.46. The van der Waals surface area contributed by atoms with Gasteiger partial charge in [0.2, 0.25) is 17.5 Å². The number of phenolic OH excluding ortho intramolecular Hbond substituents is 5. The lowest BCUT2D eigenvalue weighted by molar-refractivity contribution is -0.281. The molecule has 1 aliphatic rings. The minimum atomic E-state index is -2.00. The lowest BCUT2D eigenvalue weighted by Crippen LogP contribution is -2.61. The van der Waals surface area contributed by atoms with E-state index in [0.717, 1.165) is 24.3 Å². The van der Waals surface area contributed by atoms with Crippen LogP contribution in [-0.2, 0) is 23.8 Å². The van der Waals surface area contributed by atoms with Crippen molar-refractivity contribution < 1.29 is 68.7 Å². The predicted octanol–water partition coefficient (Wildman–Crippen LogP) is 3.70. The number of hydrogen-bond acceptors (Lipinski definition) is 15. The maximum absolute atomic E-state index is 13.9. The van der Waals surface area contributed by atoms with Crippen molar-refractivity contribution in [2.24, 2.45) is 0 Å². The zero-order valence-electron chi connectivity index (χ0n) is 27.9. The van der Waals surface area contributed by atoms with Crippen molar-refractivity contribution in [3.05, 3.63) is 118 Å². The van der Waals surface area contributed by atoms with E-state index in [-0.39, 0.29) is 34.2 Å². The molecule has 0 aliphatic carbocycles. The van der Waals surface area contributed by atoms with Gasteiger partial charge in [-0.1, -0.05) is 24.3 Å². The van der Waals surface area contributed by atoms with Crippen LogP contribution in [0.1, 0.15) is 11.1 Å². The van der Waals surface area contributed by atoms with Crippen LogP contribution in [0, 0.1) is 0 Å². The highest BCUT2D eigenvalue weighted by molar-refractivity contribution is 5.89. The molecule has 0 spiro atoms. The lowest BCUT2D eigenvalue weighted by atomic mass is 9.98. The number of benzene rings is 4. The second-order valence-electron chi connectivity index (χ2n) is 12.0. The molecule has 0 saturated carbocycles. The van der Waals surface area contributed by atoms with Crippen LogP contribution in [0.25, 0.3) is 34.4 Å². The van der Waals surface area contributed by atoms with E-state index in [9.17, 15) is 50.1 Å². The molecule has 0 bridgehead atoms. The number of aliphatic hydroxyl groups is 2. The van der Waals surface area contributed by atoms with Crippen molar-refractivity contribution in [3.63, 3.8) is 0 Å². The van der Waals surface area contributed by atoms with Gasteiger partial charge < -0.3 is 59.1 Å². The van der Waals surface area contributed by atoms with Crippen LogP contribution in [0.5, 0.6) is 34.5 Å². The second kappa shape index (κ2) is 15.8. The highest BCUT2D eigenvalue weighted by atomic mass is 16.7. The maximum atomic E-state index is 13.9. The molecular formula is C39H32O15. The Morgan fingerprint density at radius 2 is 1.26 bits per heavy atom. The fourth-order valence-corrected chi connectivity index (χ4v) is 5.46. The number of carbonyl (C=O) groups excluding carboxylic acids is 2. The first kappa shape index (κ1) is 37.0. The topological polar surface area (TPSA) is 243 Å². The van der Waals surface area contributed by atoms with Gasteiger partial charge in [0.1, 0.15) is 58.5 Å². The standard InChI is InChI=1S/C39H32O15/c40-23-9-1-20(2-10-23)5-15-30(45)50-19-29-33(47)37(53-31(46)16-6-21-3-11-24(41)12-4-21)35(49)39(52-29)54-38-34(48)32-27(44)17-26(43)18-28(32)51-36(38)22-7-13-25(42)14-8-22/h1-18,29,33,35,37,39-44,47,49H,19H2/b15-5-,16-6+/t29?,33-,35?,37?,39+/m1/s1.